The Morgan fingerprint density at radius 3 is 1.78 bits per heavy atom. The molecule has 0 aliphatic heterocycles. The second-order valence-corrected chi connectivity index (χ2v) is 9.76. The van der Waals surface area contributed by atoms with Crippen LogP contribution in [0.2, 0.25) is 5.32 Å². The van der Waals surface area contributed by atoms with Crippen molar-refractivity contribution < 1.29 is 0 Å². The van der Waals surface area contributed by atoms with E-state index < -0.39 is 0 Å². The molecule has 0 bridgehead atoms. The van der Waals surface area contributed by atoms with Crippen LogP contribution in [0.25, 0.3) is 6.08 Å². The third kappa shape index (κ3) is 5.53. The normalized spacial score (nSPS) is 11.4. The van der Waals surface area contributed by atoms with Gasteiger partial charge in [0.2, 0.25) is 0 Å². The summed E-state index contributed by atoms with van der Waals surface area (Å²) in [5.41, 5.74) is 1.31. The number of hydrogen-bond acceptors (Lipinski definition) is 0. The molecule has 0 spiro atoms. The van der Waals surface area contributed by atoms with Crippen molar-refractivity contribution in [1.29, 1.82) is 0 Å². The number of allylic oxidation sites excluding steroid dienone is 1. The van der Waals surface area contributed by atoms with E-state index in [1.807, 2.05) is 0 Å². The van der Waals surface area contributed by atoms with Gasteiger partial charge in [0.25, 0.3) is 0 Å². The molecule has 0 heterocycles. The van der Waals surface area contributed by atoms with Gasteiger partial charge in [-0.05, 0) is 0 Å². The van der Waals surface area contributed by atoms with Crippen LogP contribution in [0.4, 0.5) is 0 Å². The van der Waals surface area contributed by atoms with Gasteiger partial charge in [0.1, 0.15) is 0 Å². The van der Waals surface area contributed by atoms with Gasteiger partial charge in [-0.15, -0.1) is 0 Å². The third-order valence-corrected chi connectivity index (χ3v) is 8.56. The van der Waals surface area contributed by atoms with Crippen LogP contribution < -0.4 is 8.92 Å². The quantitative estimate of drug-likeness (QED) is 0.528. The van der Waals surface area contributed by atoms with E-state index in [0.717, 1.165) is 0 Å². The standard InChI is InChI=1S/C21H18Se2/c1-4-10-18(11-5-1)16-21(23-20-14-8-3-9-15-20)17-22-19-12-6-2-7-13-19/h1-16H,17H2/b21-16-. The predicted molar refractivity (Wildman–Crippen MR) is 103 cm³/mol. The fraction of sp³-hybridized carbons (Fsp3) is 0.0476. The Balaban J connectivity index is 1.77. The first-order chi connectivity index (χ1) is 11.4. The van der Waals surface area contributed by atoms with Crippen molar-refractivity contribution in [2.24, 2.45) is 0 Å². The van der Waals surface area contributed by atoms with Gasteiger partial charge in [-0.2, -0.15) is 0 Å². The molecule has 0 N–H and O–H groups in total. The van der Waals surface area contributed by atoms with E-state index in [-0.39, 0.29) is 0 Å². The molecule has 114 valence electrons. The van der Waals surface area contributed by atoms with Crippen LogP contribution in [0, 0.1) is 0 Å². The Hall–Kier alpha value is -1.56. The first kappa shape index (κ1) is 16.3. The van der Waals surface area contributed by atoms with E-state index in [2.05, 4.69) is 97.1 Å². The molecular formula is C21H18Se2. The van der Waals surface area contributed by atoms with Gasteiger partial charge in [0.15, 0.2) is 0 Å². The summed E-state index contributed by atoms with van der Waals surface area (Å²) in [4.78, 5) is 0. The summed E-state index contributed by atoms with van der Waals surface area (Å²) >= 11 is 0.895. The summed E-state index contributed by atoms with van der Waals surface area (Å²) in [6.07, 6.45) is 2.39. The van der Waals surface area contributed by atoms with Crippen molar-refractivity contribution in [3.63, 3.8) is 0 Å². The molecule has 3 rings (SSSR count). The molecular weight excluding hydrogens is 410 g/mol. The van der Waals surface area contributed by atoms with Crippen molar-refractivity contribution in [2.45, 2.75) is 5.32 Å². The zero-order valence-corrected chi connectivity index (χ0v) is 16.2. The van der Waals surface area contributed by atoms with Crippen molar-refractivity contribution in [2.75, 3.05) is 0 Å². The summed E-state index contributed by atoms with van der Waals surface area (Å²) in [5.74, 6) is 0. The SMILES string of the molecule is C(=C(\C[Se]c1ccccc1)[Se]c1ccccc1)/c1ccccc1. The van der Waals surface area contributed by atoms with Gasteiger partial charge in [-0.25, -0.2) is 0 Å². The van der Waals surface area contributed by atoms with Crippen LogP contribution in [0.5, 0.6) is 0 Å². The van der Waals surface area contributed by atoms with Crippen molar-refractivity contribution >= 4 is 44.9 Å². The van der Waals surface area contributed by atoms with E-state index in [9.17, 15) is 0 Å². The molecule has 0 saturated carbocycles. The molecule has 2 heteroatoms. The monoisotopic (exact) mass is 430 g/mol. The summed E-state index contributed by atoms with van der Waals surface area (Å²) in [6, 6.07) is 32.4. The molecule has 0 radical (unpaired) electrons. The Labute approximate surface area is 151 Å². The third-order valence-electron chi connectivity index (χ3n) is 3.24. The van der Waals surface area contributed by atoms with Gasteiger partial charge in [0, 0.05) is 0 Å². The zero-order chi connectivity index (χ0) is 15.7. The molecule has 0 atom stereocenters. The molecule has 3 aromatic carbocycles. The summed E-state index contributed by atoms with van der Waals surface area (Å²) in [6.45, 7) is 0. The molecule has 0 fully saturated rings. The Bertz CT molecular complexity index is 735. The van der Waals surface area contributed by atoms with Crippen molar-refractivity contribution in [1.82, 2.24) is 0 Å². The second-order valence-electron chi connectivity index (χ2n) is 5.04. The van der Waals surface area contributed by atoms with Crippen LogP contribution in [-0.2, 0) is 0 Å². The van der Waals surface area contributed by atoms with Crippen LogP contribution in [0.15, 0.2) is 95.5 Å². The molecule has 0 aliphatic carbocycles. The number of rotatable bonds is 6. The maximum atomic E-state index is 2.39. The average molecular weight is 428 g/mol. The second kappa shape index (κ2) is 8.91. The van der Waals surface area contributed by atoms with Gasteiger partial charge in [-0.1, -0.05) is 0 Å². The van der Waals surface area contributed by atoms with Crippen LogP contribution in [0.3, 0.4) is 0 Å². The number of hydrogen-bond donors (Lipinski definition) is 0. The van der Waals surface area contributed by atoms with E-state index >= 15 is 0 Å². The molecule has 0 aliphatic rings. The van der Waals surface area contributed by atoms with E-state index in [0.29, 0.717) is 29.9 Å². The summed E-state index contributed by atoms with van der Waals surface area (Å²) < 4.78 is 4.49. The Morgan fingerprint density at radius 1 is 0.652 bits per heavy atom. The Kier molecular flexibility index (Phi) is 6.32. The van der Waals surface area contributed by atoms with E-state index in [1.54, 1.807) is 4.47 Å². The topological polar surface area (TPSA) is 0 Å². The average Bonchev–Trinajstić information content (AvgIpc) is 2.62. The van der Waals surface area contributed by atoms with Crippen molar-refractivity contribution in [3.05, 3.63) is 101 Å². The summed E-state index contributed by atoms with van der Waals surface area (Å²) in [5, 5.41) is 1.18. The molecule has 0 unspecified atom stereocenters. The van der Waals surface area contributed by atoms with Crippen molar-refractivity contribution in [3.8, 4) is 0 Å². The fourth-order valence-corrected chi connectivity index (χ4v) is 6.77. The first-order valence-electron chi connectivity index (χ1n) is 7.56. The minimum absolute atomic E-state index is 0.396. The molecule has 23 heavy (non-hydrogen) atoms. The molecule has 0 aromatic heterocycles. The van der Waals surface area contributed by atoms with E-state index in [4.69, 9.17) is 0 Å². The molecule has 0 saturated heterocycles. The first-order valence-corrected chi connectivity index (χ1v) is 11.3. The molecule has 0 amide bonds. The van der Waals surface area contributed by atoms with Gasteiger partial charge in [-0.3, -0.25) is 0 Å². The fourth-order valence-electron chi connectivity index (χ4n) is 2.15. The van der Waals surface area contributed by atoms with E-state index in [1.165, 1.54) is 19.8 Å². The summed E-state index contributed by atoms with van der Waals surface area (Å²) in [7, 11) is 0. The molecule has 0 nitrogen and oxygen atoms in total. The maximum absolute atomic E-state index is 2.39. The van der Waals surface area contributed by atoms with Gasteiger partial charge >= 0.3 is 151 Å². The Morgan fingerprint density at radius 2 is 1.17 bits per heavy atom. The van der Waals surface area contributed by atoms with Crippen LogP contribution in [-0.4, -0.2) is 29.9 Å². The van der Waals surface area contributed by atoms with Crippen LogP contribution in [0.1, 0.15) is 5.56 Å². The molecule has 3 aromatic rings. The predicted octanol–water partition coefficient (Wildman–Crippen LogP) is 3.51. The zero-order valence-electron chi connectivity index (χ0n) is 12.8. The van der Waals surface area contributed by atoms with Gasteiger partial charge in [0.05, 0.1) is 0 Å². The van der Waals surface area contributed by atoms with Gasteiger partial charge < -0.3 is 0 Å². The number of benzene rings is 3. The van der Waals surface area contributed by atoms with Crippen LogP contribution >= 0.6 is 0 Å². The minimum atomic E-state index is 0.396.